The summed E-state index contributed by atoms with van der Waals surface area (Å²) in [5.41, 5.74) is 4.45. The molecule has 1 aliphatic rings. The van der Waals surface area contributed by atoms with Crippen LogP contribution >= 0.6 is 22.7 Å². The number of thiazole rings is 2. The molecule has 1 aliphatic heterocycles. The lowest BCUT2D eigenvalue weighted by Gasteiger charge is -2.34. The number of nitrogens with zero attached hydrogens (tertiary/aromatic N) is 4. The number of anilines is 1. The molecule has 1 saturated heterocycles. The Kier molecular flexibility index (Phi) is 7.11. The lowest BCUT2D eigenvalue weighted by molar-refractivity contribution is -0.192. The Labute approximate surface area is 222 Å². The van der Waals surface area contributed by atoms with Gasteiger partial charge in [-0.15, -0.1) is 0 Å². The fourth-order valence-corrected chi connectivity index (χ4v) is 6.60. The van der Waals surface area contributed by atoms with Gasteiger partial charge in [0.2, 0.25) is 0 Å². The molecule has 4 aromatic heterocycles. The van der Waals surface area contributed by atoms with Crippen LogP contribution in [0, 0.1) is 0 Å². The first kappa shape index (κ1) is 26.1. The van der Waals surface area contributed by atoms with Crippen molar-refractivity contribution in [3.63, 3.8) is 0 Å². The van der Waals surface area contributed by atoms with Crippen molar-refractivity contribution in [2.45, 2.75) is 38.0 Å². The molecule has 5 aromatic rings. The zero-order valence-electron chi connectivity index (χ0n) is 20.3. The van der Waals surface area contributed by atoms with Crippen molar-refractivity contribution in [1.82, 2.24) is 30.5 Å². The highest BCUT2D eigenvalue weighted by molar-refractivity contribution is 7.29. The first-order valence-corrected chi connectivity index (χ1v) is 13.4. The number of benzene rings is 1. The standard InChI is InChI=1S/C22H23N7S2.C2HF3O2/c1-12-9-14(5-7-23-12)29(2)22-28-21-20(31-22)27-19(30-21)17-4-3-15(13-10-25-26-11-13)16-6-8-24-18(16)17;3-2(4,5)1(6)7/h3-4,6,8,10-12,14,23-24H,5,7,9H2,1-2H3,(H,25,26);(H,6,7)/t12-,14-;/m0./s1. The third kappa shape index (κ3) is 5.24. The summed E-state index contributed by atoms with van der Waals surface area (Å²) in [5.74, 6) is -2.76. The van der Waals surface area contributed by atoms with Crippen LogP contribution in [0.5, 0.6) is 0 Å². The molecular formula is C24H24F3N7O2S2. The van der Waals surface area contributed by atoms with E-state index in [9.17, 15) is 13.2 Å². The van der Waals surface area contributed by atoms with Crippen molar-refractivity contribution in [2.24, 2.45) is 0 Å². The average molecular weight is 564 g/mol. The number of aromatic amines is 2. The number of carboxylic acid groups (broad SMARTS) is 1. The second-order valence-electron chi connectivity index (χ2n) is 8.99. The van der Waals surface area contributed by atoms with Gasteiger partial charge in [0.1, 0.15) is 5.01 Å². The van der Waals surface area contributed by atoms with Gasteiger partial charge >= 0.3 is 12.1 Å². The van der Waals surface area contributed by atoms with Crippen LogP contribution in [-0.4, -0.2) is 68.1 Å². The van der Waals surface area contributed by atoms with E-state index in [2.05, 4.69) is 57.6 Å². The van der Waals surface area contributed by atoms with Gasteiger partial charge in [0.25, 0.3) is 0 Å². The van der Waals surface area contributed by atoms with E-state index in [4.69, 9.17) is 19.9 Å². The van der Waals surface area contributed by atoms with Crippen molar-refractivity contribution >= 4 is 54.3 Å². The molecule has 38 heavy (non-hydrogen) atoms. The largest absolute Gasteiger partial charge is 0.490 e. The zero-order chi connectivity index (χ0) is 27.0. The van der Waals surface area contributed by atoms with E-state index >= 15 is 0 Å². The van der Waals surface area contributed by atoms with Crippen molar-refractivity contribution in [1.29, 1.82) is 0 Å². The van der Waals surface area contributed by atoms with Gasteiger partial charge in [0.15, 0.2) is 14.8 Å². The Morgan fingerprint density at radius 1 is 1.16 bits per heavy atom. The van der Waals surface area contributed by atoms with Crippen LogP contribution in [0.2, 0.25) is 0 Å². The van der Waals surface area contributed by atoms with E-state index in [1.807, 2.05) is 18.6 Å². The number of hydrogen-bond acceptors (Lipinski definition) is 8. The first-order valence-electron chi connectivity index (χ1n) is 11.7. The maximum atomic E-state index is 10.6. The Bertz CT molecular complexity index is 1530. The molecule has 0 unspecified atom stereocenters. The summed E-state index contributed by atoms with van der Waals surface area (Å²) < 4.78 is 31.7. The topological polar surface area (TPSA) is 123 Å². The molecule has 0 radical (unpaired) electrons. The Hall–Kier alpha value is -3.49. The van der Waals surface area contributed by atoms with Crippen molar-refractivity contribution < 1.29 is 23.1 Å². The minimum atomic E-state index is -5.08. The predicted molar refractivity (Wildman–Crippen MR) is 143 cm³/mol. The van der Waals surface area contributed by atoms with E-state index in [1.165, 1.54) is 5.39 Å². The number of H-pyrrole nitrogens is 2. The van der Waals surface area contributed by atoms with Crippen LogP contribution in [-0.2, 0) is 4.79 Å². The molecule has 6 rings (SSSR count). The summed E-state index contributed by atoms with van der Waals surface area (Å²) in [5, 5.41) is 20.9. The lowest BCUT2D eigenvalue weighted by Crippen LogP contribution is -2.45. The maximum Gasteiger partial charge on any atom is 0.490 e. The van der Waals surface area contributed by atoms with Crippen LogP contribution < -0.4 is 10.2 Å². The second-order valence-corrected chi connectivity index (χ2v) is 10.9. The normalized spacial score (nSPS) is 17.9. The van der Waals surface area contributed by atoms with Crippen molar-refractivity contribution in [3.8, 4) is 21.7 Å². The van der Waals surface area contributed by atoms with E-state index < -0.39 is 12.1 Å². The van der Waals surface area contributed by atoms with Gasteiger partial charge in [-0.05, 0) is 44.0 Å². The molecule has 1 fully saturated rings. The van der Waals surface area contributed by atoms with Gasteiger partial charge < -0.3 is 20.3 Å². The predicted octanol–water partition coefficient (Wildman–Crippen LogP) is 5.50. The summed E-state index contributed by atoms with van der Waals surface area (Å²) in [6.45, 7) is 3.33. The molecule has 0 saturated carbocycles. The van der Waals surface area contributed by atoms with Crippen LogP contribution in [0.25, 0.3) is 42.3 Å². The average Bonchev–Trinajstić information content (AvgIpc) is 3.67. The quantitative estimate of drug-likeness (QED) is 0.228. The number of nitrogens with one attached hydrogen (secondary N) is 3. The molecular weight excluding hydrogens is 539 g/mol. The van der Waals surface area contributed by atoms with Crippen molar-refractivity contribution in [2.75, 3.05) is 18.5 Å². The van der Waals surface area contributed by atoms with E-state index in [0.29, 0.717) is 12.1 Å². The third-order valence-electron chi connectivity index (χ3n) is 6.42. The maximum absolute atomic E-state index is 10.6. The van der Waals surface area contributed by atoms with E-state index in [-0.39, 0.29) is 0 Å². The summed E-state index contributed by atoms with van der Waals surface area (Å²) >= 11 is 3.36. The molecule has 5 heterocycles. The van der Waals surface area contributed by atoms with E-state index in [1.54, 1.807) is 22.7 Å². The number of fused-ring (bicyclic) bond motifs is 2. The monoisotopic (exact) mass is 563 g/mol. The van der Waals surface area contributed by atoms with Gasteiger partial charge in [0, 0.05) is 48.0 Å². The SMILES string of the molecule is C[C@H]1C[C@@H](N(C)c2nc3sc(-c4ccc(-c5cn[nH]c5)c5cc[nH]c45)nc3s2)CCN1.O=C(O)C(F)(F)F. The molecule has 1 aromatic carbocycles. The van der Waals surface area contributed by atoms with Gasteiger partial charge in [-0.2, -0.15) is 18.3 Å². The Balaban J connectivity index is 0.000000374. The van der Waals surface area contributed by atoms with Gasteiger partial charge in [-0.1, -0.05) is 28.7 Å². The highest BCUT2D eigenvalue weighted by atomic mass is 32.1. The van der Waals surface area contributed by atoms with Crippen LogP contribution in [0.3, 0.4) is 0 Å². The number of aromatic nitrogens is 5. The van der Waals surface area contributed by atoms with Gasteiger partial charge in [-0.25, -0.2) is 14.8 Å². The molecule has 0 amide bonds. The highest BCUT2D eigenvalue weighted by Gasteiger charge is 2.38. The molecule has 0 spiro atoms. The van der Waals surface area contributed by atoms with Gasteiger partial charge in [0.05, 0.1) is 11.7 Å². The van der Waals surface area contributed by atoms with Crippen LogP contribution in [0.4, 0.5) is 18.3 Å². The smallest absolute Gasteiger partial charge is 0.475 e. The Morgan fingerprint density at radius 2 is 1.89 bits per heavy atom. The Morgan fingerprint density at radius 3 is 2.55 bits per heavy atom. The van der Waals surface area contributed by atoms with E-state index in [0.717, 1.165) is 61.4 Å². The number of carbonyl (C=O) groups is 1. The molecule has 9 nitrogen and oxygen atoms in total. The summed E-state index contributed by atoms with van der Waals surface area (Å²) in [6, 6.07) is 7.50. The summed E-state index contributed by atoms with van der Waals surface area (Å²) in [7, 11) is 2.17. The number of alkyl halides is 3. The molecule has 0 aliphatic carbocycles. The number of halogens is 3. The highest BCUT2D eigenvalue weighted by Crippen LogP contribution is 2.40. The van der Waals surface area contributed by atoms with Crippen LogP contribution in [0.15, 0.2) is 36.8 Å². The molecule has 200 valence electrons. The third-order valence-corrected chi connectivity index (χ3v) is 8.57. The number of rotatable bonds is 4. The van der Waals surface area contributed by atoms with Crippen molar-refractivity contribution in [3.05, 3.63) is 36.8 Å². The lowest BCUT2D eigenvalue weighted by atomic mass is 10.00. The number of aliphatic carboxylic acids is 1. The minimum absolute atomic E-state index is 0.532. The molecule has 2 atom stereocenters. The summed E-state index contributed by atoms with van der Waals surface area (Å²) in [6.07, 6.45) is 2.98. The van der Waals surface area contributed by atoms with Gasteiger partial charge in [-0.3, -0.25) is 5.10 Å². The zero-order valence-corrected chi connectivity index (χ0v) is 22.0. The fraction of sp³-hybridized carbons (Fsp3) is 0.333. The number of hydrogen-bond donors (Lipinski definition) is 4. The molecule has 0 bridgehead atoms. The fourth-order valence-electron chi connectivity index (χ4n) is 4.50. The van der Waals surface area contributed by atoms with Crippen LogP contribution in [0.1, 0.15) is 19.8 Å². The number of carboxylic acids is 1. The molecule has 14 heteroatoms. The molecule has 4 N–H and O–H groups in total. The number of piperidine rings is 1. The minimum Gasteiger partial charge on any atom is -0.475 e. The summed E-state index contributed by atoms with van der Waals surface area (Å²) in [4.78, 5) is 26.6. The first-order chi connectivity index (χ1) is 18.1. The second kappa shape index (κ2) is 10.3.